The van der Waals surface area contributed by atoms with Crippen molar-refractivity contribution in [2.75, 3.05) is 17.5 Å². The van der Waals surface area contributed by atoms with E-state index in [0.29, 0.717) is 0 Å². The van der Waals surface area contributed by atoms with Crippen molar-refractivity contribution >= 4 is 23.2 Å². The molecule has 0 aliphatic heterocycles. The van der Waals surface area contributed by atoms with Gasteiger partial charge in [-0.3, -0.25) is 16.3 Å². The quantitative estimate of drug-likeness (QED) is 0.342. The van der Waals surface area contributed by atoms with Gasteiger partial charge in [-0.2, -0.15) is 0 Å². The summed E-state index contributed by atoms with van der Waals surface area (Å²) in [6.07, 6.45) is 0. The Balaban J connectivity index is 2.03. The molecule has 0 spiro atoms. The van der Waals surface area contributed by atoms with Crippen molar-refractivity contribution in [2.45, 2.75) is 6.92 Å². The molecule has 2 rings (SSSR count). The van der Waals surface area contributed by atoms with Crippen LogP contribution >= 0.6 is 0 Å². The van der Waals surface area contributed by atoms with Crippen LogP contribution in [0, 0.1) is 0 Å². The molecule has 0 heterocycles. The van der Waals surface area contributed by atoms with Crippen molar-refractivity contribution in [3.63, 3.8) is 0 Å². The van der Waals surface area contributed by atoms with Crippen LogP contribution in [0.3, 0.4) is 0 Å². The van der Waals surface area contributed by atoms with Crippen LogP contribution in [0.5, 0.6) is 0 Å². The number of para-hydroxylation sites is 2. The Morgan fingerprint density at radius 3 is 2.18 bits per heavy atom. The van der Waals surface area contributed by atoms with E-state index in [0.717, 1.165) is 11.4 Å². The number of nitrogens with one attached hydrogen (secondary N) is 3. The van der Waals surface area contributed by atoms with Gasteiger partial charge in [0.1, 0.15) is 0 Å². The van der Waals surface area contributed by atoms with Gasteiger partial charge in [-0.15, -0.1) is 5.10 Å². The Morgan fingerprint density at radius 1 is 1.00 bits per heavy atom. The van der Waals surface area contributed by atoms with Gasteiger partial charge in [0.25, 0.3) is 5.84 Å². The molecule has 3 N–H and O–H groups in total. The highest BCUT2D eigenvalue weighted by Gasteiger charge is 2.12. The Bertz CT molecular complexity index is 615. The number of esters is 1. The zero-order valence-electron chi connectivity index (χ0n) is 12.2. The molecule has 0 saturated heterocycles. The summed E-state index contributed by atoms with van der Waals surface area (Å²) >= 11 is 0. The van der Waals surface area contributed by atoms with E-state index >= 15 is 0 Å². The Hall–Kier alpha value is -3.02. The molecule has 0 aliphatic rings. The highest BCUT2D eigenvalue weighted by atomic mass is 16.5. The lowest BCUT2D eigenvalue weighted by molar-refractivity contribution is -0.135. The molecule has 0 bridgehead atoms. The summed E-state index contributed by atoms with van der Waals surface area (Å²) in [5.74, 6) is -0.510. The molecule has 6 nitrogen and oxygen atoms in total. The molecule has 2 aromatic carbocycles. The summed E-state index contributed by atoms with van der Waals surface area (Å²) < 4.78 is 4.97. The van der Waals surface area contributed by atoms with Gasteiger partial charge in [0.2, 0.25) is 0 Å². The standard InChI is InChI=1S/C16H18N4O2/c1-2-22-16(21)15(19-17-13-9-5-3-6-10-13)20-18-14-11-7-4-8-12-14/h3-12,17-18H,2H2,1H3,(H,19,20). The third kappa shape index (κ3) is 4.82. The zero-order chi connectivity index (χ0) is 15.6. The predicted molar refractivity (Wildman–Crippen MR) is 87.3 cm³/mol. The SMILES string of the molecule is CCOC(=O)/C(=N\Nc1ccccc1)NNc1ccccc1. The van der Waals surface area contributed by atoms with E-state index in [-0.39, 0.29) is 12.4 Å². The summed E-state index contributed by atoms with van der Waals surface area (Å²) in [5.41, 5.74) is 10.0. The topological polar surface area (TPSA) is 74.8 Å². The predicted octanol–water partition coefficient (Wildman–Crippen LogP) is 2.59. The van der Waals surface area contributed by atoms with Crippen LogP contribution in [0.4, 0.5) is 11.4 Å². The Kier molecular flexibility index (Phi) is 5.80. The molecule has 22 heavy (non-hydrogen) atoms. The number of hydrogen-bond acceptors (Lipinski definition) is 5. The second kappa shape index (κ2) is 8.31. The van der Waals surface area contributed by atoms with E-state index in [1.54, 1.807) is 6.92 Å². The van der Waals surface area contributed by atoms with E-state index in [2.05, 4.69) is 21.4 Å². The molecule has 2 aromatic rings. The molecule has 114 valence electrons. The summed E-state index contributed by atoms with van der Waals surface area (Å²) in [6.45, 7) is 2.01. The van der Waals surface area contributed by atoms with Crippen LogP contribution in [0.15, 0.2) is 65.8 Å². The van der Waals surface area contributed by atoms with Crippen molar-refractivity contribution in [3.05, 3.63) is 60.7 Å². The lowest BCUT2D eigenvalue weighted by atomic mass is 10.3. The summed E-state index contributed by atoms with van der Waals surface area (Å²) in [4.78, 5) is 11.9. The van der Waals surface area contributed by atoms with E-state index in [1.807, 2.05) is 60.7 Å². The number of hydrazone groups is 1. The van der Waals surface area contributed by atoms with Crippen LogP contribution < -0.4 is 16.3 Å². The number of carbonyl (C=O) groups excluding carboxylic acids is 1. The molecule has 0 unspecified atom stereocenters. The van der Waals surface area contributed by atoms with Gasteiger partial charge in [-0.25, -0.2) is 4.79 Å². The maximum atomic E-state index is 11.9. The second-order valence-corrected chi connectivity index (χ2v) is 4.27. The third-order valence-corrected chi connectivity index (χ3v) is 2.64. The van der Waals surface area contributed by atoms with E-state index in [9.17, 15) is 4.79 Å². The van der Waals surface area contributed by atoms with Crippen LogP contribution in [0.25, 0.3) is 0 Å². The number of carbonyl (C=O) groups is 1. The lowest BCUT2D eigenvalue weighted by Gasteiger charge is -2.11. The minimum absolute atomic E-state index is 0.0366. The van der Waals surface area contributed by atoms with Gasteiger partial charge >= 0.3 is 5.97 Å². The van der Waals surface area contributed by atoms with Crippen LogP contribution in [0.2, 0.25) is 0 Å². The summed E-state index contributed by atoms with van der Waals surface area (Å²) in [7, 11) is 0. The van der Waals surface area contributed by atoms with Gasteiger partial charge in [-0.05, 0) is 31.2 Å². The fourth-order valence-electron chi connectivity index (χ4n) is 1.61. The van der Waals surface area contributed by atoms with Crippen LogP contribution in [-0.4, -0.2) is 18.4 Å². The normalized spacial score (nSPS) is 10.7. The lowest BCUT2D eigenvalue weighted by Crippen LogP contribution is -2.37. The average molecular weight is 298 g/mol. The largest absolute Gasteiger partial charge is 0.460 e. The highest BCUT2D eigenvalue weighted by molar-refractivity contribution is 6.35. The van der Waals surface area contributed by atoms with E-state index in [1.165, 1.54) is 0 Å². The fourth-order valence-corrected chi connectivity index (χ4v) is 1.61. The molecule has 0 amide bonds. The maximum Gasteiger partial charge on any atom is 0.377 e. The molecular weight excluding hydrogens is 280 g/mol. The molecule has 0 radical (unpaired) electrons. The summed E-state index contributed by atoms with van der Waals surface area (Å²) in [5, 5.41) is 4.05. The molecule has 0 atom stereocenters. The van der Waals surface area contributed by atoms with E-state index in [4.69, 9.17) is 4.74 Å². The Labute approximate surface area is 129 Å². The number of ether oxygens (including phenoxy) is 1. The number of amidine groups is 1. The minimum atomic E-state index is -0.547. The maximum absolute atomic E-state index is 11.9. The molecule has 0 fully saturated rings. The number of rotatable bonds is 5. The average Bonchev–Trinajstić information content (AvgIpc) is 2.57. The van der Waals surface area contributed by atoms with Crippen molar-refractivity contribution in [3.8, 4) is 0 Å². The minimum Gasteiger partial charge on any atom is -0.460 e. The number of nitrogens with zero attached hydrogens (tertiary/aromatic N) is 1. The Morgan fingerprint density at radius 2 is 1.59 bits per heavy atom. The fraction of sp³-hybridized carbons (Fsp3) is 0.125. The number of hydrazine groups is 1. The van der Waals surface area contributed by atoms with Crippen LogP contribution in [0.1, 0.15) is 6.92 Å². The third-order valence-electron chi connectivity index (χ3n) is 2.64. The van der Waals surface area contributed by atoms with Crippen molar-refractivity contribution in [1.82, 2.24) is 5.43 Å². The first-order chi connectivity index (χ1) is 10.8. The number of benzene rings is 2. The van der Waals surface area contributed by atoms with Crippen molar-refractivity contribution in [1.29, 1.82) is 0 Å². The van der Waals surface area contributed by atoms with Gasteiger partial charge in [0, 0.05) is 0 Å². The van der Waals surface area contributed by atoms with E-state index < -0.39 is 5.97 Å². The van der Waals surface area contributed by atoms with Gasteiger partial charge in [0.05, 0.1) is 18.0 Å². The molecular formula is C16H18N4O2. The molecule has 0 aliphatic carbocycles. The van der Waals surface area contributed by atoms with Crippen molar-refractivity contribution < 1.29 is 9.53 Å². The van der Waals surface area contributed by atoms with Crippen LogP contribution in [-0.2, 0) is 9.53 Å². The van der Waals surface area contributed by atoms with Gasteiger partial charge in [-0.1, -0.05) is 36.4 Å². The second-order valence-electron chi connectivity index (χ2n) is 4.27. The first kappa shape index (κ1) is 15.4. The van der Waals surface area contributed by atoms with Gasteiger partial charge < -0.3 is 4.74 Å². The molecule has 6 heteroatoms. The smallest absolute Gasteiger partial charge is 0.377 e. The first-order valence-corrected chi connectivity index (χ1v) is 6.92. The summed E-state index contributed by atoms with van der Waals surface area (Å²) in [6, 6.07) is 18.7. The molecule has 0 aromatic heterocycles. The zero-order valence-corrected chi connectivity index (χ0v) is 12.2. The first-order valence-electron chi connectivity index (χ1n) is 6.92. The number of anilines is 2. The monoisotopic (exact) mass is 298 g/mol. The van der Waals surface area contributed by atoms with Gasteiger partial charge in [0.15, 0.2) is 0 Å². The number of hydrogen-bond donors (Lipinski definition) is 3. The van der Waals surface area contributed by atoms with Crippen molar-refractivity contribution in [2.24, 2.45) is 5.10 Å². The molecule has 0 saturated carbocycles. The highest BCUT2D eigenvalue weighted by Crippen LogP contribution is 2.05.